The predicted molar refractivity (Wildman–Crippen MR) is 87.2 cm³/mol. The number of amides is 1. The van der Waals surface area contributed by atoms with Gasteiger partial charge in [-0.3, -0.25) is 4.79 Å². The first kappa shape index (κ1) is 16.3. The van der Waals surface area contributed by atoms with Gasteiger partial charge in [-0.2, -0.15) is 5.26 Å². The summed E-state index contributed by atoms with van der Waals surface area (Å²) in [6, 6.07) is 7.39. The van der Waals surface area contributed by atoms with Crippen molar-refractivity contribution in [3.63, 3.8) is 0 Å². The summed E-state index contributed by atoms with van der Waals surface area (Å²) in [5.41, 5.74) is -0.278. The van der Waals surface area contributed by atoms with Gasteiger partial charge in [-0.1, -0.05) is 24.9 Å². The number of carbonyl (C=O) groups excluding carboxylic acids is 1. The Kier molecular flexibility index (Phi) is 5.29. The molecule has 2 rings (SSSR count). The van der Waals surface area contributed by atoms with Crippen molar-refractivity contribution in [3.05, 3.63) is 33.3 Å². The topological polar surface area (TPSA) is 52.9 Å². The number of benzene rings is 1. The zero-order valence-electron chi connectivity index (χ0n) is 12.0. The molecule has 0 saturated heterocycles. The van der Waals surface area contributed by atoms with Gasteiger partial charge in [0.2, 0.25) is 0 Å². The lowest BCUT2D eigenvalue weighted by Crippen LogP contribution is -2.49. The fourth-order valence-electron chi connectivity index (χ4n) is 2.80. The molecule has 1 saturated carbocycles. The van der Waals surface area contributed by atoms with Crippen LogP contribution in [-0.2, 0) is 0 Å². The molecule has 5 heteroatoms. The number of nitrogens with zero attached hydrogens (tertiary/aromatic N) is 1. The number of carbonyl (C=O) groups is 1. The van der Waals surface area contributed by atoms with E-state index in [9.17, 15) is 10.1 Å². The van der Waals surface area contributed by atoms with E-state index in [1.807, 2.05) is 0 Å². The summed E-state index contributed by atoms with van der Waals surface area (Å²) in [5.74, 6) is 0.419. The SMILES string of the molecule is CCC1CCC(C#N)(NC(=O)c2cc(Cl)ccc2Br)CC1. The standard InChI is InChI=1S/C16H18BrClN2O/c1-2-11-5-7-16(10-19,8-6-11)20-15(21)13-9-12(18)3-4-14(13)17/h3-4,9,11H,2,5-8H2,1H3,(H,20,21). The molecule has 0 bridgehead atoms. The van der Waals surface area contributed by atoms with Gasteiger partial charge in [0.1, 0.15) is 5.54 Å². The Labute approximate surface area is 138 Å². The first-order valence-electron chi connectivity index (χ1n) is 7.18. The van der Waals surface area contributed by atoms with Crippen LogP contribution in [0, 0.1) is 17.2 Å². The van der Waals surface area contributed by atoms with E-state index in [4.69, 9.17) is 11.6 Å². The minimum atomic E-state index is -0.746. The van der Waals surface area contributed by atoms with Crippen molar-refractivity contribution in [1.82, 2.24) is 5.32 Å². The lowest BCUT2D eigenvalue weighted by molar-refractivity contribution is 0.0890. The summed E-state index contributed by atoms with van der Waals surface area (Å²) in [6.07, 6.45) is 4.54. The molecule has 21 heavy (non-hydrogen) atoms. The summed E-state index contributed by atoms with van der Waals surface area (Å²) in [5, 5.41) is 12.9. The molecule has 1 aromatic rings. The third-order valence-electron chi connectivity index (χ3n) is 4.28. The molecule has 0 spiro atoms. The normalized spacial score (nSPS) is 25.1. The van der Waals surface area contributed by atoms with Gasteiger partial charge in [0.15, 0.2) is 0 Å². The lowest BCUT2D eigenvalue weighted by atomic mass is 9.76. The molecule has 1 aromatic carbocycles. The zero-order chi connectivity index (χ0) is 15.5. The Bertz CT molecular complexity index is 574. The molecule has 1 N–H and O–H groups in total. The molecule has 0 heterocycles. The van der Waals surface area contributed by atoms with Crippen LogP contribution in [0.1, 0.15) is 49.4 Å². The molecule has 1 aliphatic rings. The Hall–Kier alpha value is -1.05. The maximum absolute atomic E-state index is 12.5. The van der Waals surface area contributed by atoms with Crippen molar-refractivity contribution in [2.75, 3.05) is 0 Å². The highest BCUT2D eigenvalue weighted by molar-refractivity contribution is 9.10. The van der Waals surface area contributed by atoms with Gasteiger partial charge in [0, 0.05) is 9.50 Å². The van der Waals surface area contributed by atoms with Crippen molar-refractivity contribution < 1.29 is 4.79 Å². The van der Waals surface area contributed by atoms with E-state index in [0.29, 0.717) is 33.8 Å². The second kappa shape index (κ2) is 6.81. The van der Waals surface area contributed by atoms with Crippen molar-refractivity contribution in [3.8, 4) is 6.07 Å². The van der Waals surface area contributed by atoms with Crippen molar-refractivity contribution in [2.45, 2.75) is 44.6 Å². The highest BCUT2D eigenvalue weighted by atomic mass is 79.9. The Morgan fingerprint density at radius 3 is 2.76 bits per heavy atom. The highest BCUT2D eigenvalue weighted by Gasteiger charge is 2.36. The molecule has 1 amide bonds. The van der Waals surface area contributed by atoms with Crippen LogP contribution in [0.5, 0.6) is 0 Å². The van der Waals surface area contributed by atoms with Gasteiger partial charge < -0.3 is 5.32 Å². The molecular formula is C16H18BrClN2O. The van der Waals surface area contributed by atoms with Gasteiger partial charge in [0.25, 0.3) is 5.91 Å². The molecule has 112 valence electrons. The van der Waals surface area contributed by atoms with Gasteiger partial charge in [0.05, 0.1) is 11.6 Å². The number of rotatable bonds is 3. The molecule has 0 unspecified atom stereocenters. The summed E-state index contributed by atoms with van der Waals surface area (Å²) in [6.45, 7) is 2.17. The molecule has 1 aliphatic carbocycles. The zero-order valence-corrected chi connectivity index (χ0v) is 14.3. The number of halogens is 2. The van der Waals surface area contributed by atoms with Crippen LogP contribution in [0.15, 0.2) is 22.7 Å². The smallest absolute Gasteiger partial charge is 0.253 e. The van der Waals surface area contributed by atoms with E-state index in [1.54, 1.807) is 18.2 Å². The number of nitrogens with one attached hydrogen (secondary N) is 1. The third kappa shape index (κ3) is 3.78. The molecule has 0 aliphatic heterocycles. The van der Waals surface area contributed by atoms with Gasteiger partial charge in [-0.05, 0) is 65.7 Å². The summed E-state index contributed by atoms with van der Waals surface area (Å²) < 4.78 is 0.680. The maximum atomic E-state index is 12.5. The Morgan fingerprint density at radius 2 is 2.19 bits per heavy atom. The Morgan fingerprint density at radius 1 is 1.52 bits per heavy atom. The van der Waals surface area contributed by atoms with Crippen LogP contribution in [0.2, 0.25) is 5.02 Å². The van der Waals surface area contributed by atoms with Crippen LogP contribution in [0.4, 0.5) is 0 Å². The highest BCUT2D eigenvalue weighted by Crippen LogP contribution is 2.34. The molecular weight excluding hydrogens is 352 g/mol. The third-order valence-corrected chi connectivity index (χ3v) is 5.20. The van der Waals surface area contributed by atoms with Crippen LogP contribution < -0.4 is 5.32 Å². The van der Waals surface area contributed by atoms with E-state index in [-0.39, 0.29) is 5.91 Å². The average molecular weight is 370 g/mol. The second-order valence-electron chi connectivity index (χ2n) is 5.62. The van der Waals surface area contributed by atoms with Crippen LogP contribution in [0.25, 0.3) is 0 Å². The predicted octanol–water partition coefficient (Wildman–Crippen LogP) is 4.69. The summed E-state index contributed by atoms with van der Waals surface area (Å²) >= 11 is 9.30. The van der Waals surface area contributed by atoms with E-state index in [1.165, 1.54) is 0 Å². The van der Waals surface area contributed by atoms with Crippen molar-refractivity contribution in [2.24, 2.45) is 5.92 Å². The van der Waals surface area contributed by atoms with Gasteiger partial charge >= 0.3 is 0 Å². The van der Waals surface area contributed by atoms with Crippen LogP contribution in [-0.4, -0.2) is 11.4 Å². The molecule has 0 radical (unpaired) electrons. The molecule has 3 nitrogen and oxygen atoms in total. The quantitative estimate of drug-likeness (QED) is 0.840. The molecule has 0 aromatic heterocycles. The maximum Gasteiger partial charge on any atom is 0.253 e. The number of hydrogen-bond acceptors (Lipinski definition) is 2. The van der Waals surface area contributed by atoms with Gasteiger partial charge in [-0.15, -0.1) is 0 Å². The summed E-state index contributed by atoms with van der Waals surface area (Å²) in [4.78, 5) is 12.5. The first-order valence-corrected chi connectivity index (χ1v) is 8.35. The van der Waals surface area contributed by atoms with Gasteiger partial charge in [-0.25, -0.2) is 0 Å². The van der Waals surface area contributed by atoms with E-state index < -0.39 is 5.54 Å². The van der Waals surface area contributed by atoms with E-state index in [0.717, 1.165) is 19.3 Å². The van der Waals surface area contributed by atoms with Crippen LogP contribution in [0.3, 0.4) is 0 Å². The minimum absolute atomic E-state index is 0.249. The van der Waals surface area contributed by atoms with E-state index >= 15 is 0 Å². The number of hydrogen-bond donors (Lipinski definition) is 1. The first-order chi connectivity index (χ1) is 9.99. The monoisotopic (exact) mass is 368 g/mol. The van der Waals surface area contributed by atoms with Crippen molar-refractivity contribution in [1.29, 1.82) is 5.26 Å². The average Bonchev–Trinajstić information content (AvgIpc) is 2.50. The number of nitriles is 1. The minimum Gasteiger partial charge on any atom is -0.334 e. The lowest BCUT2D eigenvalue weighted by Gasteiger charge is -2.35. The largest absolute Gasteiger partial charge is 0.334 e. The molecule has 1 fully saturated rings. The Balaban J connectivity index is 2.14. The summed E-state index contributed by atoms with van der Waals surface area (Å²) in [7, 11) is 0. The van der Waals surface area contributed by atoms with Crippen molar-refractivity contribution >= 4 is 33.4 Å². The van der Waals surface area contributed by atoms with Crippen LogP contribution >= 0.6 is 27.5 Å². The molecule has 0 atom stereocenters. The second-order valence-corrected chi connectivity index (χ2v) is 6.91. The fourth-order valence-corrected chi connectivity index (χ4v) is 3.40. The fraction of sp³-hybridized carbons (Fsp3) is 0.500. The van der Waals surface area contributed by atoms with E-state index in [2.05, 4.69) is 34.2 Å².